The molecule has 142 valence electrons. The third-order valence-corrected chi connectivity index (χ3v) is 4.39. The maximum Gasteiger partial charge on any atom is 0.252 e. The highest BCUT2D eigenvalue weighted by molar-refractivity contribution is 7.92. The topological polar surface area (TPSA) is 118 Å². The van der Waals surface area contributed by atoms with E-state index in [-0.39, 0.29) is 12.3 Å². The fraction of sp³-hybridized carbons (Fsp3) is 0.294. The van der Waals surface area contributed by atoms with Gasteiger partial charge in [-0.2, -0.15) is 4.98 Å². The van der Waals surface area contributed by atoms with Crippen LogP contribution < -0.4 is 10.0 Å². The summed E-state index contributed by atoms with van der Waals surface area (Å²) >= 11 is 0. The number of fused-ring (bicyclic) bond motifs is 1. The molecule has 10 heteroatoms. The lowest BCUT2D eigenvalue weighted by Gasteiger charge is -2.10. The number of hydrogen-bond donors (Lipinski definition) is 2. The molecule has 3 aromatic rings. The van der Waals surface area contributed by atoms with Crippen LogP contribution in [0.25, 0.3) is 5.78 Å². The van der Waals surface area contributed by atoms with Crippen molar-refractivity contribution in [2.24, 2.45) is 0 Å². The smallest absolute Gasteiger partial charge is 0.252 e. The van der Waals surface area contributed by atoms with Crippen molar-refractivity contribution in [2.75, 3.05) is 16.3 Å². The summed E-state index contributed by atoms with van der Waals surface area (Å²) in [6.07, 6.45) is 1.05. The van der Waals surface area contributed by atoms with Gasteiger partial charge in [0.15, 0.2) is 5.82 Å². The Morgan fingerprint density at radius 1 is 1.15 bits per heavy atom. The number of aryl methyl sites for hydroxylation is 3. The van der Waals surface area contributed by atoms with E-state index in [0.717, 1.165) is 23.2 Å². The summed E-state index contributed by atoms with van der Waals surface area (Å²) in [5.74, 6) is 0.495. The number of nitrogens with zero attached hydrogens (tertiary/aromatic N) is 4. The molecule has 0 fully saturated rings. The molecule has 1 amide bonds. The maximum absolute atomic E-state index is 12.3. The van der Waals surface area contributed by atoms with Crippen LogP contribution in [0.3, 0.4) is 0 Å². The van der Waals surface area contributed by atoms with Crippen LogP contribution in [-0.4, -0.2) is 40.2 Å². The van der Waals surface area contributed by atoms with E-state index >= 15 is 0 Å². The molecule has 2 aromatic heterocycles. The Bertz CT molecular complexity index is 1140. The summed E-state index contributed by atoms with van der Waals surface area (Å²) in [5.41, 5.74) is 3.35. The zero-order chi connectivity index (χ0) is 19.8. The van der Waals surface area contributed by atoms with Crippen LogP contribution in [0.2, 0.25) is 0 Å². The van der Waals surface area contributed by atoms with Gasteiger partial charge in [-0.15, -0.1) is 5.10 Å². The molecule has 9 nitrogen and oxygen atoms in total. The Balaban J connectivity index is 1.76. The number of carbonyl (C=O) groups is 1. The summed E-state index contributed by atoms with van der Waals surface area (Å²) in [6, 6.07) is 6.88. The lowest BCUT2D eigenvalue weighted by molar-refractivity contribution is -0.115. The van der Waals surface area contributed by atoms with Gasteiger partial charge >= 0.3 is 0 Å². The SMILES string of the molecule is Cc1cc(C)n2nc(CC(=O)Nc3ccc(C)c(NS(C)(=O)=O)c3)nc2n1. The second-order valence-electron chi connectivity index (χ2n) is 6.41. The number of anilines is 2. The lowest BCUT2D eigenvalue weighted by Crippen LogP contribution is -2.16. The van der Waals surface area contributed by atoms with E-state index in [1.165, 1.54) is 0 Å². The molecule has 0 saturated carbocycles. The van der Waals surface area contributed by atoms with E-state index in [4.69, 9.17) is 0 Å². The predicted molar refractivity (Wildman–Crippen MR) is 102 cm³/mol. The second-order valence-corrected chi connectivity index (χ2v) is 8.16. The van der Waals surface area contributed by atoms with Gasteiger partial charge in [-0.1, -0.05) is 6.07 Å². The molecular formula is C17H20N6O3S. The zero-order valence-electron chi connectivity index (χ0n) is 15.4. The average Bonchev–Trinajstić information content (AvgIpc) is 2.91. The minimum Gasteiger partial charge on any atom is -0.326 e. The van der Waals surface area contributed by atoms with Gasteiger partial charge < -0.3 is 5.32 Å². The molecular weight excluding hydrogens is 368 g/mol. The summed E-state index contributed by atoms with van der Waals surface area (Å²) in [7, 11) is -3.41. The van der Waals surface area contributed by atoms with Gasteiger partial charge in [0, 0.05) is 17.1 Å². The van der Waals surface area contributed by atoms with Crippen molar-refractivity contribution < 1.29 is 13.2 Å². The highest BCUT2D eigenvalue weighted by Gasteiger charge is 2.13. The molecule has 0 atom stereocenters. The van der Waals surface area contributed by atoms with Crippen molar-refractivity contribution in [3.05, 3.63) is 47.0 Å². The van der Waals surface area contributed by atoms with Gasteiger partial charge in [0.2, 0.25) is 15.9 Å². The number of sulfonamides is 1. The first-order chi connectivity index (χ1) is 12.6. The fourth-order valence-electron chi connectivity index (χ4n) is 2.64. The monoisotopic (exact) mass is 388 g/mol. The quantitative estimate of drug-likeness (QED) is 0.685. The molecule has 0 unspecified atom stereocenters. The standard InChI is InChI=1S/C17H20N6O3S/c1-10-5-6-13(8-14(10)22-27(4,25)26)19-16(24)9-15-20-17-18-11(2)7-12(3)23(17)21-15/h5-8,22H,9H2,1-4H3,(H,19,24). The molecule has 2 N–H and O–H groups in total. The summed E-state index contributed by atoms with van der Waals surface area (Å²) in [4.78, 5) is 20.9. The summed E-state index contributed by atoms with van der Waals surface area (Å²) in [6.45, 7) is 5.54. The molecule has 3 rings (SSSR count). The van der Waals surface area contributed by atoms with Crippen LogP contribution in [0.5, 0.6) is 0 Å². The van der Waals surface area contributed by atoms with Gasteiger partial charge in [0.05, 0.1) is 18.4 Å². The van der Waals surface area contributed by atoms with Crippen molar-refractivity contribution in [3.8, 4) is 0 Å². The van der Waals surface area contributed by atoms with E-state index in [1.54, 1.807) is 29.6 Å². The van der Waals surface area contributed by atoms with E-state index in [1.807, 2.05) is 19.9 Å². The first-order valence-electron chi connectivity index (χ1n) is 8.19. The van der Waals surface area contributed by atoms with Crippen LogP contribution in [-0.2, 0) is 21.2 Å². The van der Waals surface area contributed by atoms with Gasteiger partial charge in [-0.3, -0.25) is 9.52 Å². The number of hydrogen-bond acceptors (Lipinski definition) is 6. The van der Waals surface area contributed by atoms with E-state index in [9.17, 15) is 13.2 Å². The van der Waals surface area contributed by atoms with Crippen molar-refractivity contribution in [2.45, 2.75) is 27.2 Å². The van der Waals surface area contributed by atoms with Gasteiger partial charge in [-0.25, -0.2) is 17.9 Å². The minimum atomic E-state index is -3.41. The highest BCUT2D eigenvalue weighted by Crippen LogP contribution is 2.21. The average molecular weight is 388 g/mol. The van der Waals surface area contributed by atoms with E-state index < -0.39 is 10.0 Å². The predicted octanol–water partition coefficient (Wildman–Crippen LogP) is 1.60. The molecule has 1 aromatic carbocycles. The highest BCUT2D eigenvalue weighted by atomic mass is 32.2. The molecule has 2 heterocycles. The van der Waals surface area contributed by atoms with Crippen molar-refractivity contribution in [1.29, 1.82) is 0 Å². The molecule has 0 bridgehead atoms. The largest absolute Gasteiger partial charge is 0.326 e. The minimum absolute atomic E-state index is 0.0233. The van der Waals surface area contributed by atoms with E-state index in [2.05, 4.69) is 25.1 Å². The third-order valence-electron chi connectivity index (χ3n) is 3.80. The first-order valence-corrected chi connectivity index (χ1v) is 10.1. The van der Waals surface area contributed by atoms with Crippen molar-refractivity contribution >= 4 is 33.1 Å². The molecule has 0 aliphatic rings. The summed E-state index contributed by atoms with van der Waals surface area (Å²) < 4.78 is 26.9. The molecule has 0 aliphatic heterocycles. The summed E-state index contributed by atoms with van der Waals surface area (Å²) in [5, 5.41) is 7.04. The Labute approximate surface area is 156 Å². The Kier molecular flexibility index (Phi) is 4.83. The normalized spacial score (nSPS) is 11.6. The van der Waals surface area contributed by atoms with Gasteiger partial charge in [0.25, 0.3) is 5.78 Å². The van der Waals surface area contributed by atoms with E-state index in [0.29, 0.717) is 23.0 Å². The van der Waals surface area contributed by atoms with Crippen LogP contribution in [0.1, 0.15) is 22.8 Å². The van der Waals surface area contributed by atoms with Crippen LogP contribution >= 0.6 is 0 Å². The fourth-order valence-corrected chi connectivity index (χ4v) is 3.26. The van der Waals surface area contributed by atoms with Gasteiger partial charge in [-0.05, 0) is 44.5 Å². The number of benzene rings is 1. The molecule has 27 heavy (non-hydrogen) atoms. The van der Waals surface area contributed by atoms with Crippen LogP contribution in [0, 0.1) is 20.8 Å². The lowest BCUT2D eigenvalue weighted by atomic mass is 10.2. The molecule has 0 aliphatic carbocycles. The van der Waals surface area contributed by atoms with Gasteiger partial charge in [0.1, 0.15) is 0 Å². The maximum atomic E-state index is 12.3. The Hall–Kier alpha value is -3.01. The van der Waals surface area contributed by atoms with Crippen LogP contribution in [0.4, 0.5) is 11.4 Å². The van der Waals surface area contributed by atoms with Crippen LogP contribution in [0.15, 0.2) is 24.3 Å². The Morgan fingerprint density at radius 3 is 2.59 bits per heavy atom. The molecule has 0 spiro atoms. The molecule has 0 saturated heterocycles. The number of carbonyl (C=O) groups excluding carboxylic acids is 1. The zero-order valence-corrected chi connectivity index (χ0v) is 16.3. The van der Waals surface area contributed by atoms with Crippen molar-refractivity contribution in [1.82, 2.24) is 19.6 Å². The Morgan fingerprint density at radius 2 is 1.89 bits per heavy atom. The first kappa shape index (κ1) is 18.8. The second kappa shape index (κ2) is 6.95. The number of nitrogens with one attached hydrogen (secondary N) is 2. The number of rotatable bonds is 5. The molecule has 0 radical (unpaired) electrons. The number of aromatic nitrogens is 4. The van der Waals surface area contributed by atoms with Crippen molar-refractivity contribution in [3.63, 3.8) is 0 Å². The number of amides is 1. The third kappa shape index (κ3) is 4.59.